The summed E-state index contributed by atoms with van der Waals surface area (Å²) in [6.07, 6.45) is 2.18. The Labute approximate surface area is 133 Å². The van der Waals surface area contributed by atoms with Gasteiger partial charge in [-0.3, -0.25) is 0 Å². The molecule has 0 radical (unpaired) electrons. The van der Waals surface area contributed by atoms with E-state index in [0.29, 0.717) is 51.0 Å². The van der Waals surface area contributed by atoms with Gasteiger partial charge in [0.1, 0.15) is 0 Å². The first-order chi connectivity index (χ1) is 10.6. The van der Waals surface area contributed by atoms with Crippen LogP contribution in [0.25, 0.3) is 0 Å². The van der Waals surface area contributed by atoms with Crippen molar-refractivity contribution in [3.63, 3.8) is 0 Å². The molecule has 2 aliphatic rings. The zero-order valence-electron chi connectivity index (χ0n) is 13.1. The van der Waals surface area contributed by atoms with Crippen molar-refractivity contribution in [3.05, 3.63) is 35.9 Å². The van der Waals surface area contributed by atoms with Gasteiger partial charge in [-0.1, -0.05) is 37.3 Å². The molecular formula is C17H25NO3S. The van der Waals surface area contributed by atoms with Gasteiger partial charge < -0.3 is 4.74 Å². The molecule has 4 nitrogen and oxygen atoms in total. The van der Waals surface area contributed by atoms with E-state index < -0.39 is 10.0 Å². The summed E-state index contributed by atoms with van der Waals surface area (Å²) in [6.45, 7) is 4.59. The molecule has 122 valence electrons. The molecule has 2 saturated heterocycles. The van der Waals surface area contributed by atoms with Crippen molar-refractivity contribution < 1.29 is 13.2 Å². The Hall–Kier alpha value is -0.910. The lowest BCUT2D eigenvalue weighted by Gasteiger charge is -2.38. The van der Waals surface area contributed by atoms with Crippen molar-refractivity contribution in [1.82, 2.24) is 4.31 Å². The van der Waals surface area contributed by atoms with Gasteiger partial charge in [0.05, 0.1) is 5.25 Å². The lowest BCUT2D eigenvalue weighted by molar-refractivity contribution is 0.0965. The fourth-order valence-corrected chi connectivity index (χ4v) is 5.73. The SMILES string of the molecule is C[C@@H]1CN(S(=O)(=O)C2CCOCC2)CC[C@@H]1c1ccccc1. The molecule has 2 aliphatic heterocycles. The van der Waals surface area contributed by atoms with E-state index in [4.69, 9.17) is 4.74 Å². The van der Waals surface area contributed by atoms with Crippen LogP contribution in [-0.4, -0.2) is 44.3 Å². The van der Waals surface area contributed by atoms with Crippen LogP contribution in [0.4, 0.5) is 0 Å². The van der Waals surface area contributed by atoms with E-state index in [0.717, 1.165) is 6.42 Å². The fraction of sp³-hybridized carbons (Fsp3) is 0.647. The van der Waals surface area contributed by atoms with E-state index in [9.17, 15) is 8.42 Å². The number of benzene rings is 1. The molecule has 5 heteroatoms. The molecule has 22 heavy (non-hydrogen) atoms. The molecule has 0 aromatic heterocycles. The summed E-state index contributed by atoms with van der Waals surface area (Å²) in [4.78, 5) is 0. The van der Waals surface area contributed by atoms with Gasteiger partial charge in [-0.05, 0) is 36.7 Å². The van der Waals surface area contributed by atoms with Gasteiger partial charge in [-0.2, -0.15) is 0 Å². The lowest BCUT2D eigenvalue weighted by atomic mass is 9.82. The van der Waals surface area contributed by atoms with E-state index in [-0.39, 0.29) is 5.25 Å². The highest BCUT2D eigenvalue weighted by Crippen LogP contribution is 2.35. The molecule has 0 bridgehead atoms. The number of piperidine rings is 1. The summed E-state index contributed by atoms with van der Waals surface area (Å²) in [6, 6.07) is 10.5. The first-order valence-corrected chi connectivity index (χ1v) is 9.71. The van der Waals surface area contributed by atoms with Crippen LogP contribution in [0.5, 0.6) is 0 Å². The topological polar surface area (TPSA) is 46.6 Å². The molecule has 2 atom stereocenters. The van der Waals surface area contributed by atoms with Crippen molar-refractivity contribution in [2.24, 2.45) is 5.92 Å². The summed E-state index contributed by atoms with van der Waals surface area (Å²) >= 11 is 0. The van der Waals surface area contributed by atoms with Crippen LogP contribution in [-0.2, 0) is 14.8 Å². The zero-order valence-corrected chi connectivity index (χ0v) is 14.0. The molecule has 0 N–H and O–H groups in total. The molecule has 0 amide bonds. The zero-order chi connectivity index (χ0) is 15.6. The van der Waals surface area contributed by atoms with Crippen molar-refractivity contribution in [1.29, 1.82) is 0 Å². The van der Waals surface area contributed by atoms with Crippen molar-refractivity contribution in [2.75, 3.05) is 26.3 Å². The van der Waals surface area contributed by atoms with E-state index in [1.165, 1.54) is 5.56 Å². The standard InChI is InChI=1S/C17H25NO3S/c1-14-13-18(22(19,20)16-8-11-21-12-9-16)10-7-17(14)15-5-3-2-4-6-15/h2-6,14,16-17H,7-13H2,1H3/t14-,17+/m1/s1. The second-order valence-electron chi connectivity index (χ2n) is 6.50. The number of ether oxygens (including phenoxy) is 1. The average molecular weight is 323 g/mol. The predicted molar refractivity (Wildman–Crippen MR) is 87.3 cm³/mol. The third-order valence-electron chi connectivity index (χ3n) is 5.05. The van der Waals surface area contributed by atoms with E-state index in [1.807, 2.05) is 6.07 Å². The normalized spacial score (nSPS) is 28.6. The van der Waals surface area contributed by atoms with E-state index in [1.54, 1.807) is 4.31 Å². The van der Waals surface area contributed by atoms with Gasteiger partial charge in [-0.25, -0.2) is 12.7 Å². The Morgan fingerprint density at radius 1 is 1.09 bits per heavy atom. The smallest absolute Gasteiger partial charge is 0.217 e. The largest absolute Gasteiger partial charge is 0.381 e. The Morgan fingerprint density at radius 2 is 1.77 bits per heavy atom. The highest BCUT2D eigenvalue weighted by Gasteiger charge is 2.38. The van der Waals surface area contributed by atoms with Gasteiger partial charge in [0.15, 0.2) is 0 Å². The Morgan fingerprint density at radius 3 is 2.41 bits per heavy atom. The molecule has 3 rings (SSSR count). The molecule has 1 aromatic carbocycles. The summed E-state index contributed by atoms with van der Waals surface area (Å²) in [5, 5.41) is -0.248. The highest BCUT2D eigenvalue weighted by atomic mass is 32.2. The molecule has 0 unspecified atom stereocenters. The third-order valence-corrected chi connectivity index (χ3v) is 7.41. The molecule has 0 aliphatic carbocycles. The van der Waals surface area contributed by atoms with Crippen molar-refractivity contribution in [2.45, 2.75) is 37.4 Å². The predicted octanol–water partition coefficient (Wildman–Crippen LogP) is 2.62. The van der Waals surface area contributed by atoms with Crippen LogP contribution >= 0.6 is 0 Å². The van der Waals surface area contributed by atoms with Gasteiger partial charge >= 0.3 is 0 Å². The van der Waals surface area contributed by atoms with E-state index in [2.05, 4.69) is 31.2 Å². The minimum Gasteiger partial charge on any atom is -0.381 e. The number of hydrogen-bond acceptors (Lipinski definition) is 3. The van der Waals surface area contributed by atoms with Crippen LogP contribution in [0.1, 0.15) is 37.7 Å². The monoisotopic (exact) mass is 323 g/mol. The second kappa shape index (κ2) is 6.69. The van der Waals surface area contributed by atoms with Gasteiger partial charge in [0.2, 0.25) is 10.0 Å². The van der Waals surface area contributed by atoms with Crippen molar-refractivity contribution >= 4 is 10.0 Å². The van der Waals surface area contributed by atoms with E-state index >= 15 is 0 Å². The quantitative estimate of drug-likeness (QED) is 0.859. The Kier molecular flexibility index (Phi) is 4.85. The molecule has 2 fully saturated rings. The third kappa shape index (κ3) is 3.21. The van der Waals surface area contributed by atoms with Crippen LogP contribution in [0.3, 0.4) is 0 Å². The second-order valence-corrected chi connectivity index (χ2v) is 8.71. The van der Waals surface area contributed by atoms with Crippen LogP contribution in [0.2, 0.25) is 0 Å². The van der Waals surface area contributed by atoms with Crippen LogP contribution in [0, 0.1) is 5.92 Å². The maximum Gasteiger partial charge on any atom is 0.217 e. The van der Waals surface area contributed by atoms with Crippen LogP contribution in [0.15, 0.2) is 30.3 Å². The Bertz CT molecular complexity index is 581. The summed E-state index contributed by atoms with van der Waals surface area (Å²) < 4.78 is 32.6. The number of rotatable bonds is 3. The van der Waals surface area contributed by atoms with Gasteiger partial charge in [0.25, 0.3) is 0 Å². The first-order valence-electron chi connectivity index (χ1n) is 8.20. The number of sulfonamides is 1. The fourth-order valence-electron chi connectivity index (χ4n) is 3.72. The molecule has 2 heterocycles. The minimum absolute atomic E-state index is 0.248. The molecule has 0 spiro atoms. The minimum atomic E-state index is -3.17. The highest BCUT2D eigenvalue weighted by molar-refractivity contribution is 7.89. The summed E-state index contributed by atoms with van der Waals surface area (Å²) in [7, 11) is -3.17. The molecule has 0 saturated carbocycles. The van der Waals surface area contributed by atoms with Crippen LogP contribution < -0.4 is 0 Å². The summed E-state index contributed by atoms with van der Waals surface area (Å²) in [5.74, 6) is 0.813. The Balaban J connectivity index is 1.69. The first kappa shape index (κ1) is 16.0. The maximum absolute atomic E-state index is 12.8. The number of nitrogens with zero attached hydrogens (tertiary/aromatic N) is 1. The van der Waals surface area contributed by atoms with Gasteiger partial charge in [-0.15, -0.1) is 0 Å². The summed E-state index contributed by atoms with van der Waals surface area (Å²) in [5.41, 5.74) is 1.33. The lowest BCUT2D eigenvalue weighted by Crippen LogP contribution is -2.47. The van der Waals surface area contributed by atoms with Crippen molar-refractivity contribution in [3.8, 4) is 0 Å². The average Bonchev–Trinajstić information content (AvgIpc) is 2.56. The molecule has 1 aromatic rings. The maximum atomic E-state index is 12.8. The van der Waals surface area contributed by atoms with Gasteiger partial charge in [0, 0.05) is 26.3 Å². The molecular weight excluding hydrogens is 298 g/mol. The number of hydrogen-bond donors (Lipinski definition) is 0.